The maximum atomic E-state index is 11.0. The molecule has 0 aromatic heterocycles. The van der Waals surface area contributed by atoms with Crippen molar-refractivity contribution in [2.24, 2.45) is 4.88 Å². The molecular formula is C4H10N3OP. The van der Waals surface area contributed by atoms with E-state index in [2.05, 4.69) is 9.80 Å². The van der Waals surface area contributed by atoms with E-state index in [4.69, 9.17) is 5.53 Å². The summed E-state index contributed by atoms with van der Waals surface area (Å²) in [6.45, 7) is 3.40. The van der Waals surface area contributed by atoms with Crippen LogP contribution < -0.4 is 0 Å². The molecule has 9 heavy (non-hydrogen) atoms. The first-order chi connectivity index (χ1) is 4.12. The van der Waals surface area contributed by atoms with Crippen molar-refractivity contribution < 1.29 is 4.57 Å². The van der Waals surface area contributed by atoms with Crippen molar-refractivity contribution in [1.29, 1.82) is 0 Å². The van der Waals surface area contributed by atoms with Crippen LogP contribution in [0.4, 0.5) is 0 Å². The fraction of sp³-hybridized carbons (Fsp3) is 1.00. The van der Waals surface area contributed by atoms with Crippen molar-refractivity contribution in [3.05, 3.63) is 10.4 Å². The Morgan fingerprint density at radius 1 is 1.78 bits per heavy atom. The van der Waals surface area contributed by atoms with E-state index in [9.17, 15) is 4.57 Å². The number of nitrogens with zero attached hydrogens (tertiary/aromatic N) is 3. The summed E-state index contributed by atoms with van der Waals surface area (Å²) in [5.41, 5.74) is 7.91. The Morgan fingerprint density at radius 3 is 2.67 bits per heavy atom. The molecule has 0 saturated carbocycles. The average molecular weight is 147 g/mol. The molecule has 5 heteroatoms. The van der Waals surface area contributed by atoms with Gasteiger partial charge < -0.3 is 4.57 Å². The van der Waals surface area contributed by atoms with E-state index in [1.165, 1.54) is 6.66 Å². The second-order valence-corrected chi connectivity index (χ2v) is 4.68. The number of hydrogen-bond donors (Lipinski definition) is 0. The van der Waals surface area contributed by atoms with Crippen LogP contribution in [0.5, 0.6) is 0 Å². The smallest absolute Gasteiger partial charge is 0.170 e. The minimum Gasteiger partial charge on any atom is -0.317 e. The zero-order chi connectivity index (χ0) is 7.33. The molecule has 0 heterocycles. The molecule has 0 amide bonds. The molecule has 0 bridgehead atoms. The maximum Gasteiger partial charge on any atom is 0.170 e. The summed E-state index contributed by atoms with van der Waals surface area (Å²) in [4.78, 5) is 5.67. The van der Waals surface area contributed by atoms with E-state index in [0.717, 1.165) is 6.42 Å². The molecule has 0 aromatic rings. The highest BCUT2D eigenvalue weighted by atomic mass is 31.2. The Balaban J connectivity index is 4.03. The van der Waals surface area contributed by atoms with Gasteiger partial charge >= 0.3 is 0 Å². The molecule has 0 aliphatic carbocycles. The summed E-state index contributed by atoms with van der Waals surface area (Å²) in [6.07, 6.45) is 1.31. The van der Waals surface area contributed by atoms with Gasteiger partial charge in [-0.1, -0.05) is 6.92 Å². The SMILES string of the molecule is CCCP(C)(=O)N=[N+]=[N-]. The lowest BCUT2D eigenvalue weighted by molar-refractivity contribution is 0.578. The van der Waals surface area contributed by atoms with E-state index >= 15 is 0 Å². The molecule has 1 atom stereocenters. The van der Waals surface area contributed by atoms with Gasteiger partial charge in [0.25, 0.3) is 0 Å². The lowest BCUT2D eigenvalue weighted by Crippen LogP contribution is -1.79. The van der Waals surface area contributed by atoms with Crippen LogP contribution in [0.15, 0.2) is 4.88 Å². The van der Waals surface area contributed by atoms with Crippen LogP contribution in [0.25, 0.3) is 10.4 Å². The Kier molecular flexibility index (Phi) is 3.36. The third-order valence-electron chi connectivity index (χ3n) is 0.868. The van der Waals surface area contributed by atoms with E-state index < -0.39 is 7.29 Å². The van der Waals surface area contributed by atoms with Crippen LogP contribution >= 0.6 is 7.29 Å². The second-order valence-electron chi connectivity index (χ2n) is 1.95. The number of rotatable bonds is 3. The molecule has 0 fully saturated rings. The summed E-state index contributed by atoms with van der Waals surface area (Å²) >= 11 is 0. The molecule has 0 saturated heterocycles. The van der Waals surface area contributed by atoms with Crippen LogP contribution in [0, 0.1) is 0 Å². The topological polar surface area (TPSA) is 65.8 Å². The van der Waals surface area contributed by atoms with Crippen LogP contribution in [0.1, 0.15) is 13.3 Å². The van der Waals surface area contributed by atoms with Gasteiger partial charge in [0.2, 0.25) is 0 Å². The van der Waals surface area contributed by atoms with Gasteiger partial charge in [-0.05, 0) is 23.5 Å². The van der Waals surface area contributed by atoms with Crippen molar-refractivity contribution in [3.8, 4) is 0 Å². The van der Waals surface area contributed by atoms with Gasteiger partial charge in [-0.2, -0.15) is 0 Å². The summed E-state index contributed by atoms with van der Waals surface area (Å²) in [6, 6.07) is 0. The number of azide groups is 1. The fourth-order valence-corrected chi connectivity index (χ4v) is 1.63. The molecule has 0 spiro atoms. The van der Waals surface area contributed by atoms with Crippen molar-refractivity contribution in [2.75, 3.05) is 12.8 Å². The Morgan fingerprint density at radius 2 is 2.33 bits per heavy atom. The summed E-state index contributed by atoms with van der Waals surface area (Å²) in [7, 11) is -2.48. The Hall–Kier alpha value is -0.460. The monoisotopic (exact) mass is 147 g/mol. The molecule has 0 aliphatic heterocycles. The molecular weight excluding hydrogens is 137 g/mol. The predicted molar refractivity (Wildman–Crippen MR) is 37.8 cm³/mol. The first-order valence-electron chi connectivity index (χ1n) is 2.75. The Bertz CT molecular complexity index is 173. The molecule has 0 rings (SSSR count). The molecule has 0 aliphatic rings. The quantitative estimate of drug-likeness (QED) is 0.262. The molecule has 4 nitrogen and oxygen atoms in total. The van der Waals surface area contributed by atoms with Crippen LogP contribution in [0.2, 0.25) is 0 Å². The lowest BCUT2D eigenvalue weighted by atomic mass is 10.6. The zero-order valence-electron chi connectivity index (χ0n) is 5.61. The molecule has 0 radical (unpaired) electrons. The summed E-state index contributed by atoms with van der Waals surface area (Å²) in [5, 5.41) is 0. The van der Waals surface area contributed by atoms with E-state index in [1.54, 1.807) is 0 Å². The largest absolute Gasteiger partial charge is 0.317 e. The highest BCUT2D eigenvalue weighted by Crippen LogP contribution is 2.43. The van der Waals surface area contributed by atoms with E-state index in [1.807, 2.05) is 6.92 Å². The minimum atomic E-state index is -2.48. The normalized spacial score (nSPS) is 15.8. The minimum absolute atomic E-state index is 0.511. The van der Waals surface area contributed by atoms with E-state index in [0.29, 0.717) is 6.16 Å². The van der Waals surface area contributed by atoms with Crippen LogP contribution in [-0.2, 0) is 4.57 Å². The zero-order valence-corrected chi connectivity index (χ0v) is 6.51. The Labute approximate surface area is 54.3 Å². The van der Waals surface area contributed by atoms with Crippen molar-refractivity contribution in [3.63, 3.8) is 0 Å². The molecule has 52 valence electrons. The van der Waals surface area contributed by atoms with Crippen molar-refractivity contribution in [2.45, 2.75) is 13.3 Å². The second kappa shape index (κ2) is 3.54. The van der Waals surface area contributed by atoms with Crippen molar-refractivity contribution in [1.82, 2.24) is 0 Å². The summed E-state index contributed by atoms with van der Waals surface area (Å²) in [5.74, 6) is 0. The first-order valence-corrected chi connectivity index (χ1v) is 5.05. The fourth-order valence-electron chi connectivity index (χ4n) is 0.544. The van der Waals surface area contributed by atoms with Gasteiger partial charge in [0.05, 0.1) is 0 Å². The summed E-state index contributed by atoms with van der Waals surface area (Å²) < 4.78 is 11.0. The first kappa shape index (κ1) is 8.54. The average Bonchev–Trinajstić information content (AvgIpc) is 1.64. The highest BCUT2D eigenvalue weighted by molar-refractivity contribution is 7.61. The van der Waals surface area contributed by atoms with Gasteiger partial charge in [-0.15, -0.1) is 0 Å². The van der Waals surface area contributed by atoms with Gasteiger partial charge in [0.15, 0.2) is 7.29 Å². The lowest BCUT2D eigenvalue weighted by Gasteiger charge is -1.99. The standard InChI is InChI=1S/C4H10N3OP/c1-3-4-9(2,8)7-6-5/h3-4H2,1-2H3. The van der Waals surface area contributed by atoms with E-state index in [-0.39, 0.29) is 0 Å². The highest BCUT2D eigenvalue weighted by Gasteiger charge is 2.08. The molecule has 0 N–H and O–H groups in total. The van der Waals surface area contributed by atoms with Gasteiger partial charge in [-0.25, -0.2) is 0 Å². The third kappa shape index (κ3) is 4.07. The van der Waals surface area contributed by atoms with Crippen LogP contribution in [0.3, 0.4) is 0 Å². The third-order valence-corrected chi connectivity index (χ3v) is 2.60. The van der Waals surface area contributed by atoms with Gasteiger partial charge in [0.1, 0.15) is 0 Å². The van der Waals surface area contributed by atoms with Gasteiger partial charge in [-0.3, -0.25) is 0 Å². The maximum absolute atomic E-state index is 11.0. The predicted octanol–water partition coefficient (Wildman–Crippen LogP) is 2.61. The molecule has 0 aromatic carbocycles. The van der Waals surface area contributed by atoms with Crippen LogP contribution in [-0.4, -0.2) is 12.8 Å². The van der Waals surface area contributed by atoms with Gasteiger partial charge in [0, 0.05) is 11.1 Å². The molecule has 1 unspecified atom stereocenters. The van der Waals surface area contributed by atoms with Crippen molar-refractivity contribution >= 4 is 7.29 Å². The number of hydrogen-bond acceptors (Lipinski definition) is 1.